The van der Waals surface area contributed by atoms with Crippen LogP contribution in [0.2, 0.25) is 0 Å². The van der Waals surface area contributed by atoms with Crippen molar-refractivity contribution < 1.29 is 10.0 Å². The number of benzene rings is 1. The van der Waals surface area contributed by atoms with E-state index in [0.717, 1.165) is 44.5 Å². The van der Waals surface area contributed by atoms with Gasteiger partial charge in [0.1, 0.15) is 27.5 Å². The number of rotatable bonds is 6. The molecule has 0 spiro atoms. The lowest BCUT2D eigenvalue weighted by molar-refractivity contribution is -0.535. The van der Waals surface area contributed by atoms with E-state index in [1.54, 1.807) is 0 Å². The largest absolute Gasteiger partial charge is 0.378 e. The molecule has 5 rings (SSSR count). The summed E-state index contributed by atoms with van der Waals surface area (Å²) in [6, 6.07) is 7.85. The lowest BCUT2D eigenvalue weighted by Crippen LogP contribution is -2.48. The molecule has 8 heteroatoms. The second kappa shape index (κ2) is 9.23. The highest BCUT2D eigenvalue weighted by Gasteiger charge is 2.43. The second-order valence-corrected chi connectivity index (χ2v) is 11.4. The quantitative estimate of drug-likeness (QED) is 0.237. The second-order valence-electron chi connectivity index (χ2n) is 9.38. The van der Waals surface area contributed by atoms with Crippen LogP contribution in [0.15, 0.2) is 33.6 Å². The fourth-order valence-corrected chi connectivity index (χ4v) is 8.06. The fourth-order valence-electron chi connectivity index (χ4n) is 5.96. The molecule has 1 N–H and O–H groups in total. The topological polar surface area (TPSA) is 82.2 Å². The molecular formula is C23H31IN4O3. The van der Waals surface area contributed by atoms with Crippen molar-refractivity contribution in [1.29, 1.82) is 0 Å². The zero-order chi connectivity index (χ0) is 21.4. The summed E-state index contributed by atoms with van der Waals surface area (Å²) in [7, 11) is 0. The van der Waals surface area contributed by atoms with Crippen molar-refractivity contribution in [2.24, 2.45) is 15.0 Å². The third kappa shape index (κ3) is 4.18. The predicted octanol–water partition coefficient (Wildman–Crippen LogP) is 5.07. The standard InChI is InChI=1S/C23H31IN4O3/c29-23(17-6-2-1-3-7-17)26-12-10-16(11-13-26)20(28(30)31)14-21-18-8-4-5-9-19(18)22-15-25-24-27(21)22/h4-5,8-9,15-17,20-21,23,29H,1-3,6-7,10-14H2. The molecule has 0 amide bonds. The molecular weight excluding hydrogens is 507 g/mol. The van der Waals surface area contributed by atoms with E-state index in [2.05, 4.69) is 23.3 Å². The molecule has 0 aromatic heterocycles. The Balaban J connectivity index is 1.26. The normalized spacial score (nSPS) is 26.7. The summed E-state index contributed by atoms with van der Waals surface area (Å²) in [6.07, 6.45) is 9.66. The number of aliphatic hydroxyl groups is 1. The Bertz CT molecular complexity index is 877. The number of aliphatic hydroxyl groups excluding tert-OH is 1. The molecule has 1 saturated heterocycles. The summed E-state index contributed by atoms with van der Waals surface area (Å²) >= 11 is -0.483. The summed E-state index contributed by atoms with van der Waals surface area (Å²) in [5.41, 5.74) is 3.57. The summed E-state index contributed by atoms with van der Waals surface area (Å²) in [5, 5.41) is 23.0. The van der Waals surface area contributed by atoms with Crippen molar-refractivity contribution in [1.82, 2.24) is 8.01 Å². The maximum atomic E-state index is 12.1. The highest BCUT2D eigenvalue weighted by Crippen LogP contribution is 2.51. The summed E-state index contributed by atoms with van der Waals surface area (Å²) in [6.45, 7) is 1.54. The molecule has 0 radical (unpaired) electrons. The Morgan fingerprint density at radius 3 is 2.61 bits per heavy atom. The molecule has 7 nitrogen and oxygen atoms in total. The van der Waals surface area contributed by atoms with Crippen molar-refractivity contribution in [3.8, 4) is 0 Å². The summed E-state index contributed by atoms with van der Waals surface area (Å²) < 4.78 is 6.86. The van der Waals surface area contributed by atoms with Gasteiger partial charge in [-0.3, -0.25) is 18.1 Å². The Labute approximate surface area is 194 Å². The van der Waals surface area contributed by atoms with Gasteiger partial charge in [-0.25, -0.2) is 3.15 Å². The average molecular weight is 538 g/mol. The average Bonchev–Trinajstić information content (AvgIpc) is 3.39. The van der Waals surface area contributed by atoms with Crippen LogP contribution in [0, 0.1) is 22.0 Å². The monoisotopic (exact) mass is 538 g/mol. The first-order chi connectivity index (χ1) is 15.1. The van der Waals surface area contributed by atoms with Crippen LogP contribution in [-0.2, 0) is 0 Å². The first-order valence-corrected chi connectivity index (χ1v) is 13.6. The zero-order valence-electron chi connectivity index (χ0n) is 17.8. The van der Waals surface area contributed by atoms with E-state index < -0.39 is 27.3 Å². The Morgan fingerprint density at radius 1 is 1.13 bits per heavy atom. The fraction of sp³-hybridized carbons (Fsp3) is 0.652. The van der Waals surface area contributed by atoms with Gasteiger partial charge in [0, 0.05) is 35.9 Å². The van der Waals surface area contributed by atoms with E-state index in [0.29, 0.717) is 12.3 Å². The first kappa shape index (κ1) is 21.5. The van der Waals surface area contributed by atoms with E-state index in [4.69, 9.17) is 0 Å². The Hall–Kier alpha value is -1.39. The molecule has 0 bridgehead atoms. The molecule has 3 unspecified atom stereocenters. The van der Waals surface area contributed by atoms with Crippen molar-refractivity contribution >= 4 is 27.0 Å². The van der Waals surface area contributed by atoms with Crippen molar-refractivity contribution in [3.63, 3.8) is 0 Å². The van der Waals surface area contributed by atoms with Gasteiger partial charge in [-0.05, 0) is 37.2 Å². The van der Waals surface area contributed by atoms with E-state index >= 15 is 0 Å². The SMILES string of the molecule is O=[N+]([O-])C(CC1c2ccccc2C2=CN=IN21)C1CCN(C(O)C2CCCCC2)CC1. The number of fused-ring (bicyclic) bond motifs is 3. The number of hydrogen-bond acceptors (Lipinski definition) is 6. The van der Waals surface area contributed by atoms with Gasteiger partial charge in [0.15, 0.2) is 0 Å². The number of piperidine rings is 1. The first-order valence-electron chi connectivity index (χ1n) is 11.6. The Morgan fingerprint density at radius 2 is 1.87 bits per heavy atom. The molecule has 2 fully saturated rings. The van der Waals surface area contributed by atoms with Crippen molar-refractivity contribution in [3.05, 3.63) is 51.7 Å². The van der Waals surface area contributed by atoms with Gasteiger partial charge >= 0.3 is 0 Å². The number of halogens is 1. The molecule has 3 heterocycles. The molecule has 168 valence electrons. The maximum Gasteiger partial charge on any atom is 0.218 e. The van der Waals surface area contributed by atoms with Gasteiger partial charge in [0.2, 0.25) is 6.04 Å². The van der Waals surface area contributed by atoms with Gasteiger partial charge in [-0.15, -0.1) is 0 Å². The van der Waals surface area contributed by atoms with Crippen LogP contribution in [0.4, 0.5) is 0 Å². The van der Waals surface area contributed by atoms with Crippen LogP contribution in [0.25, 0.3) is 5.70 Å². The van der Waals surface area contributed by atoms with Crippen LogP contribution in [0.1, 0.15) is 68.5 Å². The highest BCUT2D eigenvalue weighted by molar-refractivity contribution is 14.1. The summed E-state index contributed by atoms with van der Waals surface area (Å²) in [4.78, 5) is 14.3. The van der Waals surface area contributed by atoms with Gasteiger partial charge in [0.05, 0.1) is 17.9 Å². The molecule has 4 aliphatic rings. The van der Waals surface area contributed by atoms with Crippen LogP contribution < -0.4 is 0 Å². The lowest BCUT2D eigenvalue weighted by Gasteiger charge is -2.40. The predicted molar refractivity (Wildman–Crippen MR) is 128 cm³/mol. The minimum atomic E-state index is -0.545. The maximum absolute atomic E-state index is 12.1. The van der Waals surface area contributed by atoms with Crippen LogP contribution in [-0.4, -0.2) is 43.4 Å². The van der Waals surface area contributed by atoms with Gasteiger partial charge in [-0.1, -0.05) is 43.5 Å². The molecule has 3 aliphatic heterocycles. The lowest BCUT2D eigenvalue weighted by atomic mass is 9.83. The van der Waals surface area contributed by atoms with E-state index in [9.17, 15) is 15.2 Å². The molecule has 1 aliphatic carbocycles. The van der Waals surface area contributed by atoms with E-state index in [1.807, 2.05) is 18.3 Å². The minimum absolute atomic E-state index is 0.0340. The van der Waals surface area contributed by atoms with Gasteiger partial charge in [0.25, 0.3) is 0 Å². The third-order valence-corrected chi connectivity index (χ3v) is 9.88. The highest BCUT2D eigenvalue weighted by atomic mass is 127. The minimum Gasteiger partial charge on any atom is -0.378 e. The Kier molecular flexibility index (Phi) is 6.39. The van der Waals surface area contributed by atoms with Gasteiger partial charge in [-0.2, -0.15) is 0 Å². The third-order valence-electron chi connectivity index (χ3n) is 7.70. The molecule has 1 aromatic carbocycles. The van der Waals surface area contributed by atoms with Crippen molar-refractivity contribution in [2.45, 2.75) is 69.7 Å². The molecule has 1 aromatic rings. The number of nitrogens with zero attached hydrogens (tertiary/aromatic N) is 4. The molecule has 31 heavy (non-hydrogen) atoms. The van der Waals surface area contributed by atoms with Crippen LogP contribution in [0.3, 0.4) is 0 Å². The van der Waals surface area contributed by atoms with E-state index in [1.165, 1.54) is 30.4 Å². The summed E-state index contributed by atoms with van der Waals surface area (Å²) in [5.74, 6) is 0.447. The number of likely N-dealkylation sites (tertiary alicyclic amines) is 1. The van der Waals surface area contributed by atoms with E-state index in [-0.39, 0.29) is 23.1 Å². The smallest absolute Gasteiger partial charge is 0.218 e. The van der Waals surface area contributed by atoms with Crippen LogP contribution in [0.5, 0.6) is 0 Å². The number of hydrogen-bond donors (Lipinski definition) is 1. The molecule has 3 atom stereocenters. The van der Waals surface area contributed by atoms with Crippen LogP contribution >= 0.6 is 21.3 Å². The van der Waals surface area contributed by atoms with Gasteiger partial charge < -0.3 is 5.11 Å². The number of nitro groups is 1. The molecule has 1 saturated carbocycles. The zero-order valence-corrected chi connectivity index (χ0v) is 19.9. The van der Waals surface area contributed by atoms with Crippen molar-refractivity contribution in [2.75, 3.05) is 13.1 Å².